The number of hydrogen-bond acceptors (Lipinski definition) is 5. The SMILES string of the molecule is CN1CCN(C(=O)CC2(COc3ccccc3)CCCN(C(=O)c3ccc(OC(F)(F)F)cc3)C2)CC1. The summed E-state index contributed by atoms with van der Waals surface area (Å²) in [6, 6.07) is 14.3. The summed E-state index contributed by atoms with van der Waals surface area (Å²) in [4.78, 5) is 32.4. The van der Waals surface area contributed by atoms with Crippen molar-refractivity contribution in [1.29, 1.82) is 0 Å². The molecule has 2 heterocycles. The number of piperazine rings is 1. The van der Waals surface area contributed by atoms with Crippen molar-refractivity contribution in [2.45, 2.75) is 25.6 Å². The Kier molecular flexibility index (Phi) is 8.26. The topological polar surface area (TPSA) is 62.3 Å². The number of carbonyl (C=O) groups is 2. The Hall–Kier alpha value is -3.27. The van der Waals surface area contributed by atoms with Crippen LogP contribution < -0.4 is 9.47 Å². The monoisotopic (exact) mass is 519 g/mol. The van der Waals surface area contributed by atoms with Gasteiger partial charge in [-0.25, -0.2) is 0 Å². The summed E-state index contributed by atoms with van der Waals surface area (Å²) in [5.41, 5.74) is -0.316. The van der Waals surface area contributed by atoms with E-state index in [1.54, 1.807) is 4.90 Å². The molecular formula is C27H32F3N3O4. The molecule has 0 aromatic heterocycles. The van der Waals surface area contributed by atoms with Crippen molar-refractivity contribution in [2.24, 2.45) is 5.41 Å². The van der Waals surface area contributed by atoms with Gasteiger partial charge in [0, 0.05) is 56.7 Å². The summed E-state index contributed by atoms with van der Waals surface area (Å²) in [5, 5.41) is 0. The lowest BCUT2D eigenvalue weighted by Gasteiger charge is -2.43. The highest BCUT2D eigenvalue weighted by Gasteiger charge is 2.41. The van der Waals surface area contributed by atoms with Crippen LogP contribution in [0.3, 0.4) is 0 Å². The van der Waals surface area contributed by atoms with E-state index in [2.05, 4.69) is 9.64 Å². The van der Waals surface area contributed by atoms with Gasteiger partial charge in [-0.15, -0.1) is 13.2 Å². The molecule has 2 aromatic carbocycles. The van der Waals surface area contributed by atoms with E-state index in [0.717, 1.165) is 31.6 Å². The average molecular weight is 520 g/mol. The summed E-state index contributed by atoms with van der Waals surface area (Å²) in [6.07, 6.45) is -3.13. The molecule has 0 N–H and O–H groups in total. The van der Waals surface area contributed by atoms with Gasteiger partial charge in [-0.2, -0.15) is 0 Å². The van der Waals surface area contributed by atoms with Crippen molar-refractivity contribution < 1.29 is 32.2 Å². The fourth-order valence-electron chi connectivity index (χ4n) is 4.92. The van der Waals surface area contributed by atoms with Gasteiger partial charge in [-0.1, -0.05) is 18.2 Å². The van der Waals surface area contributed by atoms with E-state index in [1.807, 2.05) is 42.3 Å². The van der Waals surface area contributed by atoms with Crippen molar-refractivity contribution in [3.05, 3.63) is 60.2 Å². The lowest BCUT2D eigenvalue weighted by Crippen LogP contribution is -2.53. The number of piperidine rings is 1. The number of para-hydroxylation sites is 1. The molecule has 2 fully saturated rings. The van der Waals surface area contributed by atoms with Gasteiger partial charge in [0.2, 0.25) is 5.91 Å². The first-order valence-electron chi connectivity index (χ1n) is 12.4. The highest BCUT2D eigenvalue weighted by Crippen LogP contribution is 2.36. The molecule has 0 radical (unpaired) electrons. The molecule has 200 valence electrons. The van der Waals surface area contributed by atoms with Gasteiger partial charge >= 0.3 is 6.36 Å². The third kappa shape index (κ3) is 7.38. The summed E-state index contributed by atoms with van der Waals surface area (Å²) >= 11 is 0. The van der Waals surface area contributed by atoms with E-state index >= 15 is 0 Å². The van der Waals surface area contributed by atoms with Gasteiger partial charge < -0.3 is 24.2 Å². The van der Waals surface area contributed by atoms with Gasteiger partial charge in [0.25, 0.3) is 5.91 Å². The van der Waals surface area contributed by atoms with Crippen LogP contribution in [0.1, 0.15) is 29.6 Å². The molecule has 2 amide bonds. The predicted octanol–water partition coefficient (Wildman–Crippen LogP) is 4.05. The van der Waals surface area contributed by atoms with E-state index in [0.29, 0.717) is 38.3 Å². The van der Waals surface area contributed by atoms with Crippen LogP contribution in [0.4, 0.5) is 13.2 Å². The van der Waals surface area contributed by atoms with Crippen LogP contribution in [0.2, 0.25) is 0 Å². The Morgan fingerprint density at radius 3 is 2.22 bits per heavy atom. The molecule has 0 aliphatic carbocycles. The summed E-state index contributed by atoms with van der Waals surface area (Å²) in [5.74, 6) is 0.0609. The van der Waals surface area contributed by atoms with Crippen LogP contribution in [-0.2, 0) is 4.79 Å². The fourth-order valence-corrected chi connectivity index (χ4v) is 4.92. The lowest BCUT2D eigenvalue weighted by molar-refractivity contribution is -0.274. The number of carbonyl (C=O) groups excluding carboxylic acids is 2. The molecule has 7 nitrogen and oxygen atoms in total. The first-order chi connectivity index (χ1) is 17.6. The van der Waals surface area contributed by atoms with Crippen LogP contribution in [-0.4, -0.2) is 85.8 Å². The van der Waals surface area contributed by atoms with Gasteiger partial charge in [-0.05, 0) is 56.3 Å². The maximum absolute atomic E-state index is 13.3. The van der Waals surface area contributed by atoms with Crippen LogP contribution in [0, 0.1) is 5.41 Å². The van der Waals surface area contributed by atoms with Crippen LogP contribution in [0.15, 0.2) is 54.6 Å². The second kappa shape index (κ2) is 11.4. The molecule has 0 spiro atoms. The van der Waals surface area contributed by atoms with E-state index < -0.39 is 11.8 Å². The molecule has 1 atom stereocenters. The molecule has 2 aliphatic rings. The number of halogens is 3. The van der Waals surface area contributed by atoms with Crippen molar-refractivity contribution in [3.8, 4) is 11.5 Å². The smallest absolute Gasteiger partial charge is 0.493 e. The minimum atomic E-state index is -4.80. The lowest BCUT2D eigenvalue weighted by atomic mass is 9.77. The zero-order chi connectivity index (χ0) is 26.5. The molecule has 10 heteroatoms. The van der Waals surface area contributed by atoms with E-state index in [4.69, 9.17) is 4.74 Å². The minimum Gasteiger partial charge on any atom is -0.493 e. The number of likely N-dealkylation sites (N-methyl/N-ethyl adjacent to an activating group) is 1. The van der Waals surface area contributed by atoms with Crippen molar-refractivity contribution in [1.82, 2.24) is 14.7 Å². The average Bonchev–Trinajstić information content (AvgIpc) is 2.88. The zero-order valence-corrected chi connectivity index (χ0v) is 20.9. The Morgan fingerprint density at radius 2 is 1.57 bits per heavy atom. The Bertz CT molecular complexity index is 1060. The van der Waals surface area contributed by atoms with Crippen molar-refractivity contribution in [2.75, 3.05) is 52.9 Å². The number of nitrogens with zero attached hydrogens (tertiary/aromatic N) is 3. The number of alkyl halides is 3. The largest absolute Gasteiger partial charge is 0.573 e. The summed E-state index contributed by atoms with van der Waals surface area (Å²) in [7, 11) is 2.03. The van der Waals surface area contributed by atoms with Crippen LogP contribution >= 0.6 is 0 Å². The molecule has 1 unspecified atom stereocenters. The van der Waals surface area contributed by atoms with Crippen molar-refractivity contribution in [3.63, 3.8) is 0 Å². The molecule has 2 aromatic rings. The summed E-state index contributed by atoms with van der Waals surface area (Å²) in [6.45, 7) is 4.06. The van der Waals surface area contributed by atoms with E-state index in [9.17, 15) is 22.8 Å². The number of amides is 2. The third-order valence-corrected chi connectivity index (χ3v) is 6.95. The fraction of sp³-hybridized carbons (Fsp3) is 0.481. The Balaban J connectivity index is 1.49. The molecule has 37 heavy (non-hydrogen) atoms. The number of hydrogen-bond donors (Lipinski definition) is 0. The van der Waals surface area contributed by atoms with Gasteiger partial charge in [-0.3, -0.25) is 9.59 Å². The quantitative estimate of drug-likeness (QED) is 0.553. The minimum absolute atomic E-state index is 0.0488. The highest BCUT2D eigenvalue weighted by atomic mass is 19.4. The maximum Gasteiger partial charge on any atom is 0.573 e. The van der Waals surface area contributed by atoms with Crippen LogP contribution in [0.5, 0.6) is 11.5 Å². The molecular weight excluding hydrogens is 487 g/mol. The molecule has 2 saturated heterocycles. The second-order valence-corrected chi connectivity index (χ2v) is 9.87. The normalized spacial score (nSPS) is 21.0. The molecule has 4 rings (SSSR count). The number of benzene rings is 2. The second-order valence-electron chi connectivity index (χ2n) is 9.87. The molecule has 2 aliphatic heterocycles. The van der Waals surface area contributed by atoms with E-state index in [1.165, 1.54) is 12.1 Å². The summed E-state index contributed by atoms with van der Waals surface area (Å²) < 4.78 is 47.5. The number of ether oxygens (including phenoxy) is 2. The van der Waals surface area contributed by atoms with Gasteiger partial charge in [0.1, 0.15) is 11.5 Å². The third-order valence-electron chi connectivity index (χ3n) is 6.95. The van der Waals surface area contributed by atoms with Crippen molar-refractivity contribution >= 4 is 11.8 Å². The Labute approximate surface area is 214 Å². The maximum atomic E-state index is 13.3. The van der Waals surface area contributed by atoms with Gasteiger partial charge in [0.05, 0.1) is 6.61 Å². The number of rotatable bonds is 7. The molecule has 0 bridgehead atoms. The standard InChI is InChI=1S/C27H32F3N3O4/c1-31-14-16-32(17-15-31)24(34)18-26(20-36-22-6-3-2-4-7-22)12-5-13-33(19-26)25(35)21-8-10-23(11-9-21)37-27(28,29)30/h2-4,6-11H,5,12-20H2,1H3. The predicted molar refractivity (Wildman–Crippen MR) is 131 cm³/mol. The van der Waals surface area contributed by atoms with Crippen LogP contribution in [0.25, 0.3) is 0 Å². The van der Waals surface area contributed by atoms with E-state index in [-0.39, 0.29) is 36.2 Å². The first kappa shape index (κ1) is 26.8. The zero-order valence-electron chi connectivity index (χ0n) is 20.9. The molecule has 0 saturated carbocycles. The first-order valence-corrected chi connectivity index (χ1v) is 12.4. The van der Waals surface area contributed by atoms with Gasteiger partial charge in [0.15, 0.2) is 0 Å². The highest BCUT2D eigenvalue weighted by molar-refractivity contribution is 5.94. The number of likely N-dealkylation sites (tertiary alicyclic amines) is 1. The Morgan fingerprint density at radius 1 is 0.892 bits per heavy atom.